The summed E-state index contributed by atoms with van der Waals surface area (Å²) in [6, 6.07) is 50.8. The van der Waals surface area contributed by atoms with Crippen molar-refractivity contribution in [3.05, 3.63) is 185 Å². The molecular weight excluding hydrogens is 697 g/mol. The summed E-state index contributed by atoms with van der Waals surface area (Å²) in [6.45, 7) is 3.75. The molecular formula is C50H50O6. The quantitative estimate of drug-likeness (QED) is 0.104. The van der Waals surface area contributed by atoms with Crippen molar-refractivity contribution >= 4 is 5.78 Å². The van der Waals surface area contributed by atoms with Crippen molar-refractivity contribution in [2.24, 2.45) is 5.92 Å². The Balaban J connectivity index is 0.000000536. The van der Waals surface area contributed by atoms with Gasteiger partial charge in [0.1, 0.15) is 55.6 Å². The van der Waals surface area contributed by atoms with E-state index in [4.69, 9.17) is 23.7 Å². The first-order valence-corrected chi connectivity index (χ1v) is 19.8. The highest BCUT2D eigenvalue weighted by Gasteiger charge is 2.27. The minimum atomic E-state index is -0.175. The van der Waals surface area contributed by atoms with Crippen LogP contribution in [0.5, 0.6) is 28.7 Å². The number of carbonyl (C=O) groups excluding carboxylic acids is 1. The minimum Gasteiger partial charge on any atom is -0.489 e. The first-order valence-electron chi connectivity index (χ1n) is 19.8. The van der Waals surface area contributed by atoms with Crippen LogP contribution in [0, 0.1) is 5.92 Å². The van der Waals surface area contributed by atoms with Crippen molar-refractivity contribution in [1.82, 2.24) is 0 Å². The van der Waals surface area contributed by atoms with Gasteiger partial charge in [0.2, 0.25) is 0 Å². The molecule has 286 valence electrons. The SMILES string of the molecule is CCC(=O)C1CCC1.c1ccc(COc2cc(OCc3ccccc3)c3c(c2)OC(c2ccc(OCc4ccccc4)c(OCc4ccccc4)c2)CC3)cc1. The molecule has 1 unspecified atom stereocenters. The number of fused-ring (bicyclic) bond motifs is 1. The number of ether oxygens (including phenoxy) is 5. The molecule has 1 saturated carbocycles. The summed E-state index contributed by atoms with van der Waals surface area (Å²) in [6.07, 6.45) is 5.75. The van der Waals surface area contributed by atoms with Gasteiger partial charge in [-0.1, -0.05) is 141 Å². The van der Waals surface area contributed by atoms with Gasteiger partial charge in [0.15, 0.2) is 11.5 Å². The van der Waals surface area contributed by atoms with Gasteiger partial charge in [-0.3, -0.25) is 4.79 Å². The van der Waals surface area contributed by atoms with Crippen molar-refractivity contribution in [3.63, 3.8) is 0 Å². The lowest BCUT2D eigenvalue weighted by Crippen LogP contribution is -2.20. The molecule has 1 aliphatic carbocycles. The van der Waals surface area contributed by atoms with Gasteiger partial charge in [-0.15, -0.1) is 0 Å². The van der Waals surface area contributed by atoms with Gasteiger partial charge in [0.05, 0.1) is 0 Å². The van der Waals surface area contributed by atoms with Gasteiger partial charge in [0, 0.05) is 30.0 Å². The van der Waals surface area contributed by atoms with Gasteiger partial charge in [-0.05, 0) is 65.6 Å². The molecule has 6 aromatic rings. The van der Waals surface area contributed by atoms with E-state index in [1.807, 2.05) is 97.9 Å². The third kappa shape index (κ3) is 10.6. The van der Waals surface area contributed by atoms with Crippen LogP contribution in [0.25, 0.3) is 0 Å². The molecule has 0 saturated heterocycles. The van der Waals surface area contributed by atoms with E-state index in [0.29, 0.717) is 55.4 Å². The van der Waals surface area contributed by atoms with Gasteiger partial charge >= 0.3 is 0 Å². The van der Waals surface area contributed by atoms with Crippen molar-refractivity contribution in [3.8, 4) is 28.7 Å². The topological polar surface area (TPSA) is 63.2 Å². The smallest absolute Gasteiger partial charge is 0.162 e. The Labute approximate surface area is 331 Å². The highest BCUT2D eigenvalue weighted by atomic mass is 16.5. The normalized spacial score (nSPS) is 14.5. The van der Waals surface area contributed by atoms with Crippen molar-refractivity contribution < 1.29 is 28.5 Å². The second-order valence-electron chi connectivity index (χ2n) is 14.3. The van der Waals surface area contributed by atoms with Crippen molar-refractivity contribution in [1.29, 1.82) is 0 Å². The summed E-state index contributed by atoms with van der Waals surface area (Å²) in [5, 5.41) is 0. The molecule has 0 bridgehead atoms. The zero-order valence-corrected chi connectivity index (χ0v) is 32.1. The molecule has 56 heavy (non-hydrogen) atoms. The molecule has 0 radical (unpaired) electrons. The van der Waals surface area contributed by atoms with Gasteiger partial charge < -0.3 is 23.7 Å². The van der Waals surface area contributed by atoms with Gasteiger partial charge in [-0.25, -0.2) is 0 Å². The van der Waals surface area contributed by atoms with Crippen LogP contribution < -0.4 is 23.7 Å². The van der Waals surface area contributed by atoms with E-state index in [9.17, 15) is 4.79 Å². The maximum atomic E-state index is 10.8. The summed E-state index contributed by atoms with van der Waals surface area (Å²) in [7, 11) is 0. The van der Waals surface area contributed by atoms with Crippen LogP contribution in [0.1, 0.15) is 78.5 Å². The van der Waals surface area contributed by atoms with E-state index in [2.05, 4.69) is 60.7 Å². The summed E-state index contributed by atoms with van der Waals surface area (Å²) in [5.74, 6) is 4.58. The molecule has 1 atom stereocenters. The zero-order chi connectivity index (χ0) is 38.4. The third-order valence-electron chi connectivity index (χ3n) is 10.3. The standard InChI is InChI=1S/C43H38O5.C7H12O/c1-5-13-32(14-6-1)28-44-37-26-41(46-30-34-17-9-3-10-18-34)38-22-24-39(48-42(38)27-37)36-21-23-40(45-29-33-15-7-2-8-16-33)43(25-36)47-31-35-19-11-4-12-20-35;1-2-7(8)6-4-3-5-6/h1-21,23,25-27,39H,22,24,28-31H2;6H,2-5H2,1H3. The fourth-order valence-corrected chi connectivity index (χ4v) is 6.80. The van der Waals surface area contributed by atoms with E-state index in [0.717, 1.165) is 77.0 Å². The van der Waals surface area contributed by atoms with E-state index in [1.165, 1.54) is 6.42 Å². The summed E-state index contributed by atoms with van der Waals surface area (Å²) in [4.78, 5) is 10.8. The molecule has 6 heteroatoms. The molecule has 1 fully saturated rings. The Morgan fingerprint density at radius 3 is 1.54 bits per heavy atom. The first kappa shape index (κ1) is 38.3. The maximum Gasteiger partial charge on any atom is 0.162 e. The third-order valence-corrected chi connectivity index (χ3v) is 10.3. The molecule has 0 aromatic heterocycles. The van der Waals surface area contributed by atoms with E-state index in [-0.39, 0.29) is 6.10 Å². The van der Waals surface area contributed by atoms with Crippen LogP contribution in [0.15, 0.2) is 152 Å². The Hall–Kier alpha value is -6.01. The van der Waals surface area contributed by atoms with Crippen molar-refractivity contribution in [2.75, 3.05) is 0 Å². The largest absolute Gasteiger partial charge is 0.489 e. The number of hydrogen-bond donors (Lipinski definition) is 0. The monoisotopic (exact) mass is 746 g/mol. The summed E-state index contributed by atoms with van der Waals surface area (Å²) >= 11 is 0. The lowest BCUT2D eigenvalue weighted by molar-refractivity contribution is -0.124. The number of Topliss-reactive ketones (excluding diaryl/α,β-unsaturated/α-hetero) is 1. The molecule has 1 aliphatic heterocycles. The van der Waals surface area contributed by atoms with Crippen LogP contribution in [0.3, 0.4) is 0 Å². The number of hydrogen-bond acceptors (Lipinski definition) is 6. The number of ketones is 1. The number of benzene rings is 6. The Morgan fingerprint density at radius 2 is 1.05 bits per heavy atom. The van der Waals surface area contributed by atoms with Crippen LogP contribution in [-0.4, -0.2) is 5.78 Å². The second kappa shape index (κ2) is 19.5. The summed E-state index contributed by atoms with van der Waals surface area (Å²) in [5.41, 5.74) is 6.47. The fraction of sp³-hybridized carbons (Fsp3) is 0.260. The average Bonchev–Trinajstić information content (AvgIpc) is 3.24. The molecule has 8 rings (SSSR count). The van der Waals surface area contributed by atoms with E-state index < -0.39 is 0 Å². The molecule has 6 nitrogen and oxygen atoms in total. The van der Waals surface area contributed by atoms with Crippen LogP contribution in [0.4, 0.5) is 0 Å². The minimum absolute atomic E-state index is 0.175. The molecule has 2 aliphatic rings. The van der Waals surface area contributed by atoms with Crippen molar-refractivity contribution in [2.45, 2.75) is 78.0 Å². The molecule has 0 amide bonds. The van der Waals surface area contributed by atoms with E-state index >= 15 is 0 Å². The highest BCUT2D eigenvalue weighted by Crippen LogP contribution is 2.44. The molecule has 6 aromatic carbocycles. The lowest BCUT2D eigenvalue weighted by atomic mass is 9.81. The first-order chi connectivity index (χ1) is 27.6. The molecule has 1 heterocycles. The Morgan fingerprint density at radius 1 is 0.554 bits per heavy atom. The van der Waals surface area contributed by atoms with Crippen LogP contribution in [0.2, 0.25) is 0 Å². The highest BCUT2D eigenvalue weighted by molar-refractivity contribution is 5.81. The lowest BCUT2D eigenvalue weighted by Gasteiger charge is -2.29. The Kier molecular flexibility index (Phi) is 13.4. The maximum absolute atomic E-state index is 10.8. The predicted molar refractivity (Wildman–Crippen MR) is 220 cm³/mol. The molecule has 0 N–H and O–H groups in total. The fourth-order valence-electron chi connectivity index (χ4n) is 6.80. The molecule has 0 spiro atoms. The number of carbonyl (C=O) groups is 1. The Bertz CT molecular complexity index is 2110. The average molecular weight is 747 g/mol. The van der Waals surface area contributed by atoms with Crippen LogP contribution in [-0.2, 0) is 37.6 Å². The van der Waals surface area contributed by atoms with Crippen LogP contribution >= 0.6 is 0 Å². The second-order valence-corrected chi connectivity index (χ2v) is 14.3. The predicted octanol–water partition coefficient (Wildman–Crippen LogP) is 11.8. The van der Waals surface area contributed by atoms with Gasteiger partial charge in [-0.2, -0.15) is 0 Å². The zero-order valence-electron chi connectivity index (χ0n) is 32.1. The van der Waals surface area contributed by atoms with Gasteiger partial charge in [0.25, 0.3) is 0 Å². The van der Waals surface area contributed by atoms with E-state index in [1.54, 1.807) is 0 Å². The number of rotatable bonds is 15. The summed E-state index contributed by atoms with van der Waals surface area (Å²) < 4.78 is 32.0.